The molecule has 4 rings (SSSR count). The van der Waals surface area contributed by atoms with Crippen LogP contribution in [0.4, 0.5) is 11.6 Å². The van der Waals surface area contributed by atoms with Gasteiger partial charge >= 0.3 is 5.97 Å². The van der Waals surface area contributed by atoms with E-state index >= 15 is 0 Å². The number of rotatable bonds is 10. The summed E-state index contributed by atoms with van der Waals surface area (Å²) in [4.78, 5) is 45.9. The molecule has 0 spiro atoms. The Morgan fingerprint density at radius 3 is 2.71 bits per heavy atom. The first-order chi connectivity index (χ1) is 17.0. The molecule has 5 N–H and O–H groups in total. The van der Waals surface area contributed by atoms with Crippen LogP contribution in [-0.4, -0.2) is 63.4 Å². The van der Waals surface area contributed by atoms with Crippen LogP contribution in [0.15, 0.2) is 60.9 Å². The Bertz CT molecular complexity index is 1170. The Hall–Kier alpha value is -4.34. The van der Waals surface area contributed by atoms with Gasteiger partial charge in [-0.3, -0.25) is 14.4 Å². The molecule has 0 aliphatic carbocycles. The Kier molecular flexibility index (Phi) is 7.61. The maximum atomic E-state index is 13.2. The van der Waals surface area contributed by atoms with Gasteiger partial charge < -0.3 is 30.9 Å². The van der Waals surface area contributed by atoms with Gasteiger partial charge in [-0.1, -0.05) is 30.3 Å². The second-order valence-electron chi connectivity index (χ2n) is 8.28. The zero-order chi connectivity index (χ0) is 24.6. The number of nitrogens with one attached hydrogen (secondary N) is 4. The number of anilines is 2. The molecular weight excluding hydrogens is 448 g/mol. The van der Waals surface area contributed by atoms with Gasteiger partial charge in [0.05, 0.1) is 6.42 Å². The van der Waals surface area contributed by atoms with Gasteiger partial charge in [0.15, 0.2) is 5.95 Å². The molecule has 1 atom stereocenters. The van der Waals surface area contributed by atoms with E-state index in [0.29, 0.717) is 43.3 Å². The van der Waals surface area contributed by atoms with E-state index in [1.54, 1.807) is 35.5 Å². The molecule has 0 bridgehead atoms. The number of nitrogens with zero attached hydrogens (tertiary/aromatic N) is 2. The van der Waals surface area contributed by atoms with Crippen molar-refractivity contribution < 1.29 is 19.5 Å². The van der Waals surface area contributed by atoms with Gasteiger partial charge in [-0.05, 0) is 35.7 Å². The molecule has 35 heavy (non-hydrogen) atoms. The number of carboxylic acids is 1. The van der Waals surface area contributed by atoms with E-state index in [2.05, 4.69) is 25.9 Å². The SMILES string of the molecule is O=C(O)CC1Nc2ccc(C(=O)NCCNc3ncc[nH]3)cc2CN(CCc2ccccc2)C1=O. The van der Waals surface area contributed by atoms with Crippen LogP contribution in [0.1, 0.15) is 27.9 Å². The topological polar surface area (TPSA) is 139 Å². The predicted octanol–water partition coefficient (Wildman–Crippen LogP) is 2.09. The summed E-state index contributed by atoms with van der Waals surface area (Å²) in [5, 5.41) is 18.3. The van der Waals surface area contributed by atoms with Crippen molar-refractivity contribution in [3.8, 4) is 0 Å². The molecule has 1 unspecified atom stereocenters. The van der Waals surface area contributed by atoms with E-state index in [4.69, 9.17) is 0 Å². The summed E-state index contributed by atoms with van der Waals surface area (Å²) < 4.78 is 0. The molecule has 0 saturated heterocycles. The third-order valence-corrected chi connectivity index (χ3v) is 5.76. The Labute approximate surface area is 202 Å². The fourth-order valence-electron chi connectivity index (χ4n) is 3.99. The summed E-state index contributed by atoms with van der Waals surface area (Å²) in [7, 11) is 0. The minimum atomic E-state index is -1.05. The lowest BCUT2D eigenvalue weighted by Gasteiger charge is -2.24. The standard InChI is InChI=1S/C25H28N6O4/c32-22(33)15-21-24(35)31(13-8-17-4-2-1-3-5-17)16-19-14-18(6-7-20(19)30-21)23(34)26-9-10-27-25-28-11-12-29-25/h1-7,11-12,14,21,30H,8-10,13,15-16H2,(H,26,34)(H,32,33)(H2,27,28,29). The molecule has 0 fully saturated rings. The van der Waals surface area contributed by atoms with E-state index in [-0.39, 0.29) is 24.8 Å². The molecule has 3 aromatic rings. The zero-order valence-corrected chi connectivity index (χ0v) is 19.2. The number of H-pyrrole nitrogens is 1. The molecule has 1 aromatic heterocycles. The maximum absolute atomic E-state index is 13.2. The summed E-state index contributed by atoms with van der Waals surface area (Å²) >= 11 is 0. The van der Waals surface area contributed by atoms with Crippen molar-refractivity contribution in [2.75, 3.05) is 30.3 Å². The lowest BCUT2D eigenvalue weighted by atomic mass is 10.1. The fourth-order valence-corrected chi connectivity index (χ4v) is 3.99. The summed E-state index contributed by atoms with van der Waals surface area (Å²) in [6.07, 6.45) is 3.66. The number of amides is 2. The average molecular weight is 477 g/mol. The second kappa shape index (κ2) is 11.2. The van der Waals surface area contributed by atoms with Crippen LogP contribution in [0.3, 0.4) is 0 Å². The summed E-state index contributed by atoms with van der Waals surface area (Å²) in [6.45, 7) is 1.63. The van der Waals surface area contributed by atoms with Crippen LogP contribution in [-0.2, 0) is 22.6 Å². The number of fused-ring (bicyclic) bond motifs is 1. The number of aromatic nitrogens is 2. The highest BCUT2D eigenvalue weighted by molar-refractivity contribution is 5.95. The van der Waals surface area contributed by atoms with Crippen LogP contribution in [0, 0.1) is 0 Å². The van der Waals surface area contributed by atoms with Crippen molar-refractivity contribution in [3.63, 3.8) is 0 Å². The molecule has 1 aliphatic rings. The molecule has 0 saturated carbocycles. The molecule has 2 heterocycles. The van der Waals surface area contributed by atoms with Crippen molar-refractivity contribution in [1.29, 1.82) is 0 Å². The number of aliphatic carboxylic acids is 1. The highest BCUT2D eigenvalue weighted by atomic mass is 16.4. The highest BCUT2D eigenvalue weighted by Gasteiger charge is 2.31. The van der Waals surface area contributed by atoms with Gasteiger partial charge in [-0.2, -0.15) is 0 Å². The first kappa shape index (κ1) is 23.8. The van der Waals surface area contributed by atoms with Crippen molar-refractivity contribution in [2.24, 2.45) is 0 Å². The van der Waals surface area contributed by atoms with Crippen LogP contribution in [0.5, 0.6) is 0 Å². The zero-order valence-electron chi connectivity index (χ0n) is 19.2. The summed E-state index contributed by atoms with van der Waals surface area (Å²) in [6, 6.07) is 14.1. The van der Waals surface area contributed by atoms with E-state index in [9.17, 15) is 19.5 Å². The van der Waals surface area contributed by atoms with Gasteiger partial charge in [0, 0.05) is 49.8 Å². The predicted molar refractivity (Wildman–Crippen MR) is 131 cm³/mol. The van der Waals surface area contributed by atoms with Crippen LogP contribution < -0.4 is 16.0 Å². The van der Waals surface area contributed by atoms with Gasteiger partial charge in [-0.15, -0.1) is 0 Å². The maximum Gasteiger partial charge on any atom is 0.305 e. The lowest BCUT2D eigenvalue weighted by molar-refractivity contribution is -0.141. The highest BCUT2D eigenvalue weighted by Crippen LogP contribution is 2.26. The lowest BCUT2D eigenvalue weighted by Crippen LogP contribution is -2.42. The minimum Gasteiger partial charge on any atom is -0.481 e. The molecule has 10 nitrogen and oxygen atoms in total. The van der Waals surface area contributed by atoms with E-state index < -0.39 is 12.0 Å². The molecule has 10 heteroatoms. The number of carboxylic acid groups (broad SMARTS) is 1. The number of aromatic amines is 1. The molecule has 2 amide bonds. The van der Waals surface area contributed by atoms with Gasteiger partial charge in [-0.25, -0.2) is 4.98 Å². The number of benzene rings is 2. The number of carbonyl (C=O) groups is 3. The summed E-state index contributed by atoms with van der Waals surface area (Å²) in [5.41, 5.74) is 2.98. The number of imidazole rings is 1. The Morgan fingerprint density at radius 1 is 1.14 bits per heavy atom. The van der Waals surface area contributed by atoms with Crippen molar-refractivity contribution >= 4 is 29.4 Å². The number of carbonyl (C=O) groups excluding carboxylic acids is 2. The first-order valence-corrected chi connectivity index (χ1v) is 11.4. The van der Waals surface area contributed by atoms with Gasteiger partial charge in [0.25, 0.3) is 5.91 Å². The monoisotopic (exact) mass is 476 g/mol. The molecule has 182 valence electrons. The normalized spacial score (nSPS) is 15.0. The molecule has 0 radical (unpaired) electrons. The molecular formula is C25H28N6O4. The quantitative estimate of drug-likeness (QED) is 0.282. The molecule has 1 aliphatic heterocycles. The van der Waals surface area contributed by atoms with Crippen LogP contribution >= 0.6 is 0 Å². The minimum absolute atomic E-state index is 0.234. The smallest absolute Gasteiger partial charge is 0.305 e. The van der Waals surface area contributed by atoms with Gasteiger partial charge in [0.2, 0.25) is 5.91 Å². The van der Waals surface area contributed by atoms with Crippen LogP contribution in [0.2, 0.25) is 0 Å². The van der Waals surface area contributed by atoms with E-state index in [1.165, 1.54) is 0 Å². The second-order valence-corrected chi connectivity index (χ2v) is 8.28. The fraction of sp³-hybridized carbons (Fsp3) is 0.280. The van der Waals surface area contributed by atoms with Gasteiger partial charge in [0.1, 0.15) is 6.04 Å². The summed E-state index contributed by atoms with van der Waals surface area (Å²) in [5.74, 6) is -0.926. The van der Waals surface area contributed by atoms with Crippen LogP contribution in [0.25, 0.3) is 0 Å². The Morgan fingerprint density at radius 2 is 1.97 bits per heavy atom. The molecule has 2 aromatic carbocycles. The van der Waals surface area contributed by atoms with E-state index in [1.807, 2.05) is 30.3 Å². The van der Waals surface area contributed by atoms with E-state index in [0.717, 1.165) is 11.1 Å². The third-order valence-electron chi connectivity index (χ3n) is 5.76. The Balaban J connectivity index is 1.45. The van der Waals surface area contributed by atoms with Crippen molar-refractivity contribution in [2.45, 2.75) is 25.4 Å². The first-order valence-electron chi connectivity index (χ1n) is 11.4. The number of hydrogen-bond donors (Lipinski definition) is 5. The number of hydrogen-bond acceptors (Lipinski definition) is 6. The van der Waals surface area contributed by atoms with Crippen molar-refractivity contribution in [3.05, 3.63) is 77.6 Å². The third kappa shape index (κ3) is 6.38. The average Bonchev–Trinajstić information content (AvgIpc) is 3.34. The largest absolute Gasteiger partial charge is 0.481 e. The van der Waals surface area contributed by atoms with Crippen molar-refractivity contribution in [1.82, 2.24) is 20.2 Å².